The van der Waals surface area contributed by atoms with Gasteiger partial charge in [0.15, 0.2) is 5.65 Å². The molecule has 0 radical (unpaired) electrons. The Balaban J connectivity index is 2.07. The number of benzene rings is 1. The molecule has 2 heterocycles. The second-order valence-electron chi connectivity index (χ2n) is 5.69. The fourth-order valence-corrected chi connectivity index (χ4v) is 3.57. The van der Waals surface area contributed by atoms with E-state index in [-0.39, 0.29) is 10.9 Å². The van der Waals surface area contributed by atoms with Crippen LogP contribution in [-0.2, 0) is 10.0 Å². The van der Waals surface area contributed by atoms with Crippen LogP contribution in [-0.4, -0.2) is 28.4 Å². The summed E-state index contributed by atoms with van der Waals surface area (Å²) in [5.41, 5.74) is 1.86. The van der Waals surface area contributed by atoms with Gasteiger partial charge in [-0.25, -0.2) is 22.4 Å². The summed E-state index contributed by atoms with van der Waals surface area (Å²) in [6.45, 7) is 5.91. The smallest absolute Gasteiger partial charge is 0.269 e. The van der Waals surface area contributed by atoms with Crippen LogP contribution >= 0.6 is 0 Å². The molecule has 0 amide bonds. The zero-order chi connectivity index (χ0) is 16.6. The molecule has 0 aliphatic rings. The minimum atomic E-state index is -3.68. The maximum atomic E-state index is 12.8. The number of hydrogen-bond donors (Lipinski definition) is 1. The van der Waals surface area contributed by atoms with E-state index in [9.17, 15) is 8.42 Å². The fraction of sp³-hybridized carbons (Fsp3) is 0.250. The lowest BCUT2D eigenvalue weighted by atomic mass is 10.2. The summed E-state index contributed by atoms with van der Waals surface area (Å²) >= 11 is 0. The minimum absolute atomic E-state index is 0.222. The quantitative estimate of drug-likeness (QED) is 0.796. The zero-order valence-electron chi connectivity index (χ0n) is 13.2. The van der Waals surface area contributed by atoms with Gasteiger partial charge >= 0.3 is 0 Å². The van der Waals surface area contributed by atoms with Gasteiger partial charge in [0, 0.05) is 12.2 Å². The third-order valence-electron chi connectivity index (χ3n) is 3.37. The third-order valence-corrected chi connectivity index (χ3v) is 5.05. The molecule has 0 aliphatic carbocycles. The van der Waals surface area contributed by atoms with Gasteiger partial charge < -0.3 is 5.32 Å². The van der Waals surface area contributed by atoms with Gasteiger partial charge in [-0.05, 0) is 39.0 Å². The van der Waals surface area contributed by atoms with Gasteiger partial charge in [0.1, 0.15) is 11.3 Å². The molecule has 3 rings (SSSR count). The molecule has 6 nitrogen and oxygen atoms in total. The van der Waals surface area contributed by atoms with Crippen molar-refractivity contribution in [1.82, 2.24) is 13.9 Å². The van der Waals surface area contributed by atoms with Crippen LogP contribution in [0, 0.1) is 6.92 Å². The van der Waals surface area contributed by atoms with Crippen LogP contribution in [0.5, 0.6) is 0 Å². The number of hydrogen-bond acceptors (Lipinski definition) is 5. The molecular formula is C16H18N4O2S. The first-order valence-electron chi connectivity index (χ1n) is 7.31. The first-order chi connectivity index (χ1) is 10.9. The Morgan fingerprint density at radius 2 is 1.83 bits per heavy atom. The van der Waals surface area contributed by atoms with E-state index in [0.717, 1.165) is 5.56 Å². The number of aromatic nitrogens is 3. The average Bonchev–Trinajstić information content (AvgIpc) is 2.91. The van der Waals surface area contributed by atoms with E-state index in [1.54, 1.807) is 36.5 Å². The Bertz CT molecular complexity index is 944. The summed E-state index contributed by atoms with van der Waals surface area (Å²) in [6.07, 6.45) is 3.03. The third kappa shape index (κ3) is 2.92. The summed E-state index contributed by atoms with van der Waals surface area (Å²) in [6, 6.07) is 8.61. The van der Waals surface area contributed by atoms with Crippen molar-refractivity contribution in [3.8, 4) is 0 Å². The second-order valence-corrected chi connectivity index (χ2v) is 7.51. The Kier molecular flexibility index (Phi) is 3.81. The number of nitrogens with one attached hydrogen (secondary N) is 1. The lowest BCUT2D eigenvalue weighted by molar-refractivity contribution is 0.588. The topological polar surface area (TPSA) is 76.9 Å². The van der Waals surface area contributed by atoms with Crippen LogP contribution in [0.25, 0.3) is 11.2 Å². The van der Waals surface area contributed by atoms with Crippen molar-refractivity contribution < 1.29 is 8.42 Å². The molecule has 23 heavy (non-hydrogen) atoms. The Morgan fingerprint density at radius 1 is 1.13 bits per heavy atom. The summed E-state index contributed by atoms with van der Waals surface area (Å²) in [5.74, 6) is 0.623. The van der Waals surface area contributed by atoms with Crippen molar-refractivity contribution in [3.05, 3.63) is 48.3 Å². The molecular weight excluding hydrogens is 312 g/mol. The van der Waals surface area contributed by atoms with E-state index in [1.807, 2.05) is 20.8 Å². The van der Waals surface area contributed by atoms with Crippen LogP contribution in [0.3, 0.4) is 0 Å². The summed E-state index contributed by atoms with van der Waals surface area (Å²) < 4.78 is 26.7. The highest BCUT2D eigenvalue weighted by Crippen LogP contribution is 2.21. The largest absolute Gasteiger partial charge is 0.367 e. The minimum Gasteiger partial charge on any atom is -0.367 e. The fourth-order valence-electron chi connectivity index (χ4n) is 2.27. The second kappa shape index (κ2) is 5.66. The predicted octanol–water partition coefficient (Wildman–Crippen LogP) is 2.80. The van der Waals surface area contributed by atoms with Crippen molar-refractivity contribution in [1.29, 1.82) is 0 Å². The lowest BCUT2D eigenvalue weighted by Gasteiger charge is -2.09. The highest BCUT2D eigenvalue weighted by Gasteiger charge is 2.20. The molecule has 0 saturated heterocycles. The number of nitrogens with zero attached hydrogens (tertiary/aromatic N) is 3. The van der Waals surface area contributed by atoms with Crippen molar-refractivity contribution in [2.45, 2.75) is 31.7 Å². The molecule has 1 N–H and O–H groups in total. The van der Waals surface area contributed by atoms with Crippen LogP contribution < -0.4 is 5.32 Å². The zero-order valence-corrected chi connectivity index (χ0v) is 14.0. The number of rotatable bonds is 4. The SMILES string of the molecule is Cc1ccc(S(=O)(=O)n2ccc3nc(NC(C)C)cnc32)cc1. The molecule has 1 aromatic carbocycles. The van der Waals surface area contributed by atoms with Crippen LogP contribution in [0.4, 0.5) is 5.82 Å². The van der Waals surface area contributed by atoms with Gasteiger partial charge in [-0.15, -0.1) is 0 Å². The molecule has 2 aromatic heterocycles. The summed E-state index contributed by atoms with van der Waals surface area (Å²) in [4.78, 5) is 8.89. The molecule has 120 valence electrons. The van der Waals surface area contributed by atoms with Gasteiger partial charge in [0.2, 0.25) is 0 Å². The van der Waals surface area contributed by atoms with Gasteiger partial charge in [0.25, 0.3) is 10.0 Å². The van der Waals surface area contributed by atoms with Crippen molar-refractivity contribution in [2.75, 3.05) is 5.32 Å². The maximum absolute atomic E-state index is 12.8. The predicted molar refractivity (Wildman–Crippen MR) is 90.0 cm³/mol. The van der Waals surface area contributed by atoms with Gasteiger partial charge in [-0.2, -0.15) is 0 Å². The van der Waals surface area contributed by atoms with E-state index < -0.39 is 10.0 Å². The van der Waals surface area contributed by atoms with Crippen LogP contribution in [0.2, 0.25) is 0 Å². The van der Waals surface area contributed by atoms with E-state index in [2.05, 4.69) is 15.3 Å². The molecule has 0 atom stereocenters. The number of fused-ring (bicyclic) bond motifs is 1. The van der Waals surface area contributed by atoms with Crippen molar-refractivity contribution >= 4 is 27.0 Å². The standard InChI is InChI=1S/C16H18N4O2S/c1-11(2)18-15-10-17-16-14(19-15)8-9-20(16)23(21,22)13-6-4-12(3)5-7-13/h4-11H,1-3H3,(H,18,19). The Labute approximate surface area is 135 Å². The van der Waals surface area contributed by atoms with Gasteiger partial charge in [-0.3, -0.25) is 0 Å². The lowest BCUT2D eigenvalue weighted by Crippen LogP contribution is -2.14. The molecule has 0 spiro atoms. The van der Waals surface area contributed by atoms with Crippen molar-refractivity contribution in [3.63, 3.8) is 0 Å². The van der Waals surface area contributed by atoms with Gasteiger partial charge in [-0.1, -0.05) is 17.7 Å². The molecule has 3 aromatic rings. The van der Waals surface area contributed by atoms with E-state index >= 15 is 0 Å². The normalized spacial score (nSPS) is 12.0. The monoisotopic (exact) mass is 330 g/mol. The van der Waals surface area contributed by atoms with E-state index in [1.165, 1.54) is 10.2 Å². The van der Waals surface area contributed by atoms with Gasteiger partial charge in [0.05, 0.1) is 11.1 Å². The highest BCUT2D eigenvalue weighted by molar-refractivity contribution is 7.90. The first-order valence-corrected chi connectivity index (χ1v) is 8.75. The molecule has 0 aliphatic heterocycles. The molecule has 0 bridgehead atoms. The average molecular weight is 330 g/mol. The van der Waals surface area contributed by atoms with Crippen LogP contribution in [0.15, 0.2) is 47.6 Å². The van der Waals surface area contributed by atoms with E-state index in [0.29, 0.717) is 17.0 Å². The number of anilines is 1. The molecule has 7 heteroatoms. The first kappa shape index (κ1) is 15.5. The summed E-state index contributed by atoms with van der Waals surface area (Å²) in [7, 11) is -3.68. The Morgan fingerprint density at radius 3 is 2.48 bits per heavy atom. The molecule has 0 saturated carbocycles. The van der Waals surface area contributed by atoms with E-state index in [4.69, 9.17) is 0 Å². The maximum Gasteiger partial charge on any atom is 0.269 e. The van der Waals surface area contributed by atoms with Crippen molar-refractivity contribution in [2.24, 2.45) is 0 Å². The number of aryl methyl sites for hydroxylation is 1. The Hall–Kier alpha value is -2.41. The highest BCUT2D eigenvalue weighted by atomic mass is 32.2. The summed E-state index contributed by atoms with van der Waals surface area (Å²) in [5, 5.41) is 3.15. The molecule has 0 fully saturated rings. The van der Waals surface area contributed by atoms with Crippen LogP contribution in [0.1, 0.15) is 19.4 Å². The molecule has 0 unspecified atom stereocenters.